The van der Waals surface area contributed by atoms with Crippen LogP contribution in [0, 0.1) is 0 Å². The number of carbonyl (C=O) groups is 1. The predicted octanol–water partition coefficient (Wildman–Crippen LogP) is 1.06. The fraction of sp³-hybridized carbons (Fsp3) is 0.625. The molecule has 10 heavy (non-hydrogen) atoms. The standard InChI is InChI=1S/C8H10O2/c1-5-8(9)7-3-2-6(7)4-10-5/h5H,2-4H2,1H3. The largest absolute Gasteiger partial charge is 0.366 e. The number of carbonyl (C=O) groups excluding carboxylic acids is 1. The van der Waals surface area contributed by atoms with E-state index in [1.54, 1.807) is 0 Å². The second-order valence-corrected chi connectivity index (χ2v) is 2.90. The van der Waals surface area contributed by atoms with E-state index in [0.29, 0.717) is 6.61 Å². The molecule has 1 unspecified atom stereocenters. The van der Waals surface area contributed by atoms with Gasteiger partial charge in [0.1, 0.15) is 6.10 Å². The van der Waals surface area contributed by atoms with Gasteiger partial charge in [-0.2, -0.15) is 0 Å². The quantitative estimate of drug-likeness (QED) is 0.500. The highest BCUT2D eigenvalue weighted by Crippen LogP contribution is 2.33. The minimum Gasteiger partial charge on any atom is -0.366 e. The Morgan fingerprint density at radius 3 is 2.80 bits per heavy atom. The van der Waals surface area contributed by atoms with Gasteiger partial charge < -0.3 is 4.74 Å². The predicted molar refractivity (Wildman–Crippen MR) is 36.7 cm³/mol. The van der Waals surface area contributed by atoms with E-state index in [-0.39, 0.29) is 11.9 Å². The first kappa shape index (κ1) is 6.10. The Kier molecular flexibility index (Phi) is 1.17. The van der Waals surface area contributed by atoms with Crippen LogP contribution in [0.15, 0.2) is 11.1 Å². The van der Waals surface area contributed by atoms with E-state index < -0.39 is 0 Å². The SMILES string of the molecule is CC1OCC2=C(CC2)C1=O. The lowest BCUT2D eigenvalue weighted by Crippen LogP contribution is -2.33. The van der Waals surface area contributed by atoms with E-state index in [4.69, 9.17) is 4.74 Å². The molecule has 2 aliphatic rings. The molecule has 0 aromatic rings. The summed E-state index contributed by atoms with van der Waals surface area (Å²) in [5.74, 6) is 0.215. The molecule has 0 radical (unpaired) electrons. The van der Waals surface area contributed by atoms with Crippen LogP contribution in [0.4, 0.5) is 0 Å². The van der Waals surface area contributed by atoms with E-state index in [1.165, 1.54) is 5.57 Å². The Balaban J connectivity index is 2.30. The summed E-state index contributed by atoms with van der Waals surface area (Å²) in [6.07, 6.45) is 1.88. The summed E-state index contributed by atoms with van der Waals surface area (Å²) in [4.78, 5) is 11.2. The first-order valence-corrected chi connectivity index (χ1v) is 3.66. The molecule has 2 heteroatoms. The van der Waals surface area contributed by atoms with Gasteiger partial charge in [0.2, 0.25) is 0 Å². The molecule has 1 heterocycles. The summed E-state index contributed by atoms with van der Waals surface area (Å²) in [5.41, 5.74) is 2.29. The van der Waals surface area contributed by atoms with Crippen molar-refractivity contribution in [2.45, 2.75) is 25.9 Å². The van der Waals surface area contributed by atoms with Gasteiger partial charge in [-0.25, -0.2) is 0 Å². The summed E-state index contributed by atoms with van der Waals surface area (Å²) in [6.45, 7) is 2.52. The molecule has 0 amide bonds. The summed E-state index contributed by atoms with van der Waals surface area (Å²) >= 11 is 0. The molecular formula is C8H10O2. The van der Waals surface area contributed by atoms with Crippen molar-refractivity contribution in [1.29, 1.82) is 0 Å². The van der Waals surface area contributed by atoms with Crippen molar-refractivity contribution in [3.63, 3.8) is 0 Å². The average molecular weight is 138 g/mol. The monoisotopic (exact) mass is 138 g/mol. The van der Waals surface area contributed by atoms with E-state index >= 15 is 0 Å². The molecule has 0 N–H and O–H groups in total. The molecule has 54 valence electrons. The normalized spacial score (nSPS) is 31.7. The fourth-order valence-electron chi connectivity index (χ4n) is 1.43. The summed E-state index contributed by atoms with van der Waals surface area (Å²) < 4.78 is 5.22. The molecule has 2 nitrogen and oxygen atoms in total. The summed E-state index contributed by atoms with van der Waals surface area (Å²) in [7, 11) is 0. The van der Waals surface area contributed by atoms with Crippen molar-refractivity contribution in [2.75, 3.05) is 6.61 Å². The zero-order valence-electron chi connectivity index (χ0n) is 6.02. The van der Waals surface area contributed by atoms with Gasteiger partial charge in [-0.05, 0) is 30.9 Å². The zero-order chi connectivity index (χ0) is 7.14. The highest BCUT2D eigenvalue weighted by molar-refractivity contribution is 6.01. The third kappa shape index (κ3) is 0.655. The first-order chi connectivity index (χ1) is 4.79. The number of hydrogen-bond donors (Lipinski definition) is 0. The fourth-order valence-corrected chi connectivity index (χ4v) is 1.43. The smallest absolute Gasteiger partial charge is 0.187 e. The van der Waals surface area contributed by atoms with Gasteiger partial charge in [0, 0.05) is 0 Å². The third-order valence-corrected chi connectivity index (χ3v) is 2.28. The molecule has 0 aromatic carbocycles. The Morgan fingerprint density at radius 2 is 2.30 bits per heavy atom. The second kappa shape index (κ2) is 1.92. The topological polar surface area (TPSA) is 26.3 Å². The van der Waals surface area contributed by atoms with Crippen molar-refractivity contribution in [1.82, 2.24) is 0 Å². The number of ketones is 1. The van der Waals surface area contributed by atoms with Crippen molar-refractivity contribution in [3.8, 4) is 0 Å². The first-order valence-electron chi connectivity index (χ1n) is 3.66. The third-order valence-electron chi connectivity index (χ3n) is 2.28. The molecule has 1 aliphatic heterocycles. The van der Waals surface area contributed by atoms with Crippen LogP contribution in [0.2, 0.25) is 0 Å². The van der Waals surface area contributed by atoms with Crippen LogP contribution < -0.4 is 0 Å². The molecule has 1 aliphatic carbocycles. The lowest BCUT2D eigenvalue weighted by Gasteiger charge is -2.30. The lowest BCUT2D eigenvalue weighted by atomic mass is 9.83. The highest BCUT2D eigenvalue weighted by Gasteiger charge is 2.31. The van der Waals surface area contributed by atoms with Gasteiger partial charge >= 0.3 is 0 Å². The van der Waals surface area contributed by atoms with Crippen molar-refractivity contribution < 1.29 is 9.53 Å². The van der Waals surface area contributed by atoms with E-state index in [9.17, 15) is 4.79 Å². The summed E-state index contributed by atoms with van der Waals surface area (Å²) in [5, 5.41) is 0. The Bertz CT molecular complexity index is 215. The maximum absolute atomic E-state index is 11.2. The minimum atomic E-state index is -0.181. The van der Waals surface area contributed by atoms with Crippen molar-refractivity contribution >= 4 is 5.78 Å². The second-order valence-electron chi connectivity index (χ2n) is 2.90. The summed E-state index contributed by atoms with van der Waals surface area (Å²) in [6, 6.07) is 0. The lowest BCUT2D eigenvalue weighted by molar-refractivity contribution is -0.127. The Morgan fingerprint density at radius 1 is 1.50 bits per heavy atom. The van der Waals surface area contributed by atoms with Crippen LogP contribution in [-0.4, -0.2) is 18.5 Å². The van der Waals surface area contributed by atoms with Crippen LogP contribution >= 0.6 is 0 Å². The van der Waals surface area contributed by atoms with Gasteiger partial charge in [0.15, 0.2) is 5.78 Å². The van der Waals surface area contributed by atoms with Crippen LogP contribution in [0.1, 0.15) is 19.8 Å². The molecule has 0 saturated carbocycles. The number of ether oxygens (including phenoxy) is 1. The van der Waals surface area contributed by atoms with Crippen molar-refractivity contribution in [2.24, 2.45) is 0 Å². The van der Waals surface area contributed by atoms with Gasteiger partial charge in [-0.1, -0.05) is 0 Å². The molecule has 2 rings (SSSR count). The van der Waals surface area contributed by atoms with E-state index in [0.717, 1.165) is 18.4 Å². The molecule has 1 atom stereocenters. The highest BCUT2D eigenvalue weighted by atomic mass is 16.5. The molecular weight excluding hydrogens is 128 g/mol. The van der Waals surface area contributed by atoms with Gasteiger partial charge in [-0.15, -0.1) is 0 Å². The number of Topliss-reactive ketones (excluding diaryl/α,β-unsaturated/α-hetero) is 1. The van der Waals surface area contributed by atoms with Crippen LogP contribution in [0.25, 0.3) is 0 Å². The Hall–Kier alpha value is -0.630. The maximum atomic E-state index is 11.2. The van der Waals surface area contributed by atoms with E-state index in [1.807, 2.05) is 6.92 Å². The van der Waals surface area contributed by atoms with Crippen molar-refractivity contribution in [3.05, 3.63) is 11.1 Å². The molecule has 0 aromatic heterocycles. The molecule has 0 spiro atoms. The van der Waals surface area contributed by atoms with Crippen LogP contribution in [0.5, 0.6) is 0 Å². The maximum Gasteiger partial charge on any atom is 0.187 e. The van der Waals surface area contributed by atoms with Gasteiger partial charge in [-0.3, -0.25) is 4.79 Å². The number of rotatable bonds is 0. The Labute approximate surface area is 59.9 Å². The average Bonchev–Trinajstić information content (AvgIpc) is 1.82. The van der Waals surface area contributed by atoms with E-state index in [2.05, 4.69) is 0 Å². The van der Waals surface area contributed by atoms with Crippen LogP contribution in [-0.2, 0) is 9.53 Å². The molecule has 0 saturated heterocycles. The van der Waals surface area contributed by atoms with Gasteiger partial charge in [0.25, 0.3) is 0 Å². The number of hydrogen-bond acceptors (Lipinski definition) is 2. The van der Waals surface area contributed by atoms with Crippen LogP contribution in [0.3, 0.4) is 0 Å². The molecule has 0 bridgehead atoms. The minimum absolute atomic E-state index is 0.181. The zero-order valence-corrected chi connectivity index (χ0v) is 6.02. The van der Waals surface area contributed by atoms with Gasteiger partial charge in [0.05, 0.1) is 6.61 Å². The molecule has 0 fully saturated rings.